The van der Waals surface area contributed by atoms with Crippen LogP contribution in [-0.4, -0.2) is 42.8 Å². The summed E-state index contributed by atoms with van der Waals surface area (Å²) in [6.07, 6.45) is 1.62. The number of anilines is 1. The van der Waals surface area contributed by atoms with Crippen molar-refractivity contribution in [3.8, 4) is 11.4 Å². The standard InChI is InChI=1S/C26H27N5O4/c1-15(32)17-8-11-20-21(12-17)30-23(29-20)16-6-9-18(10-7-16)28-25(34)24-27-19(14-31(24)5)13-22(33)35-26(2,3)4/h6-12,14H,13H2,1-5H3,(H,28,34)(H,29,30). The van der Waals surface area contributed by atoms with Gasteiger partial charge in [-0.1, -0.05) is 0 Å². The summed E-state index contributed by atoms with van der Waals surface area (Å²) in [5.41, 5.74) is 3.46. The van der Waals surface area contributed by atoms with E-state index in [1.807, 2.05) is 18.2 Å². The maximum absolute atomic E-state index is 12.8. The molecule has 0 bridgehead atoms. The third-order valence-electron chi connectivity index (χ3n) is 5.18. The fourth-order valence-corrected chi connectivity index (χ4v) is 3.61. The third-order valence-corrected chi connectivity index (χ3v) is 5.18. The summed E-state index contributed by atoms with van der Waals surface area (Å²) in [6, 6.07) is 12.6. The second kappa shape index (κ2) is 9.17. The number of amides is 1. The number of benzene rings is 2. The monoisotopic (exact) mass is 473 g/mol. The van der Waals surface area contributed by atoms with Crippen LogP contribution in [0.25, 0.3) is 22.4 Å². The zero-order valence-corrected chi connectivity index (χ0v) is 20.3. The number of carbonyl (C=O) groups excluding carboxylic acids is 3. The lowest BCUT2D eigenvalue weighted by Crippen LogP contribution is -2.25. The van der Waals surface area contributed by atoms with E-state index in [1.54, 1.807) is 62.8 Å². The predicted octanol–water partition coefficient (Wildman–Crippen LogP) is 4.30. The number of rotatable bonds is 6. The molecule has 0 unspecified atom stereocenters. The Morgan fingerprint density at radius 3 is 2.43 bits per heavy atom. The van der Waals surface area contributed by atoms with Crippen LogP contribution < -0.4 is 5.32 Å². The number of nitrogens with one attached hydrogen (secondary N) is 2. The van der Waals surface area contributed by atoms with Crippen LogP contribution in [0, 0.1) is 0 Å². The van der Waals surface area contributed by atoms with Crippen molar-refractivity contribution in [2.75, 3.05) is 5.32 Å². The number of hydrogen-bond acceptors (Lipinski definition) is 6. The highest BCUT2D eigenvalue weighted by Crippen LogP contribution is 2.23. The van der Waals surface area contributed by atoms with Gasteiger partial charge < -0.3 is 19.6 Å². The fourth-order valence-electron chi connectivity index (χ4n) is 3.61. The van der Waals surface area contributed by atoms with E-state index in [1.165, 1.54) is 6.92 Å². The first-order valence-electron chi connectivity index (χ1n) is 11.1. The van der Waals surface area contributed by atoms with Crippen LogP contribution in [0.5, 0.6) is 0 Å². The van der Waals surface area contributed by atoms with E-state index in [4.69, 9.17) is 4.74 Å². The van der Waals surface area contributed by atoms with E-state index in [2.05, 4.69) is 20.3 Å². The van der Waals surface area contributed by atoms with Crippen LogP contribution in [0.15, 0.2) is 48.7 Å². The van der Waals surface area contributed by atoms with Crippen LogP contribution in [0.3, 0.4) is 0 Å². The highest BCUT2D eigenvalue weighted by atomic mass is 16.6. The van der Waals surface area contributed by atoms with Crippen LogP contribution in [0.4, 0.5) is 5.69 Å². The molecular formula is C26H27N5O4. The summed E-state index contributed by atoms with van der Waals surface area (Å²) in [5, 5.41) is 2.82. The van der Waals surface area contributed by atoms with Crippen molar-refractivity contribution in [2.45, 2.75) is 39.7 Å². The van der Waals surface area contributed by atoms with Crippen LogP contribution >= 0.6 is 0 Å². The van der Waals surface area contributed by atoms with Gasteiger partial charge in [0.25, 0.3) is 5.91 Å². The number of imidazole rings is 2. The molecule has 0 atom stereocenters. The predicted molar refractivity (Wildman–Crippen MR) is 132 cm³/mol. The van der Waals surface area contributed by atoms with Crippen LogP contribution in [0.2, 0.25) is 0 Å². The third kappa shape index (κ3) is 5.63. The molecule has 9 nitrogen and oxygen atoms in total. The van der Waals surface area contributed by atoms with Gasteiger partial charge in [-0.25, -0.2) is 9.97 Å². The van der Waals surface area contributed by atoms with Gasteiger partial charge in [0, 0.05) is 30.1 Å². The number of aromatic amines is 1. The lowest BCUT2D eigenvalue weighted by molar-refractivity contribution is -0.154. The molecule has 0 aliphatic carbocycles. The number of carbonyl (C=O) groups is 3. The van der Waals surface area contributed by atoms with E-state index in [0.29, 0.717) is 22.8 Å². The molecule has 0 aliphatic heterocycles. The lowest BCUT2D eigenvalue weighted by atomic mass is 10.1. The van der Waals surface area contributed by atoms with Gasteiger partial charge in [-0.3, -0.25) is 14.4 Å². The van der Waals surface area contributed by atoms with E-state index in [-0.39, 0.29) is 18.0 Å². The smallest absolute Gasteiger partial charge is 0.312 e. The van der Waals surface area contributed by atoms with Gasteiger partial charge in [0.2, 0.25) is 0 Å². The molecule has 9 heteroatoms. The summed E-state index contributed by atoms with van der Waals surface area (Å²) in [6.45, 7) is 6.92. The minimum atomic E-state index is -0.585. The Kier molecular flexibility index (Phi) is 6.26. The van der Waals surface area contributed by atoms with E-state index < -0.39 is 17.5 Å². The van der Waals surface area contributed by atoms with Gasteiger partial charge in [0.1, 0.15) is 11.4 Å². The molecule has 1 amide bonds. The molecule has 2 heterocycles. The summed E-state index contributed by atoms with van der Waals surface area (Å²) < 4.78 is 6.90. The van der Waals surface area contributed by atoms with E-state index >= 15 is 0 Å². The van der Waals surface area contributed by atoms with Gasteiger partial charge in [-0.05, 0) is 70.2 Å². The van der Waals surface area contributed by atoms with Crippen molar-refractivity contribution in [3.05, 3.63) is 65.7 Å². The number of aryl methyl sites for hydroxylation is 1. The van der Waals surface area contributed by atoms with Crippen molar-refractivity contribution in [2.24, 2.45) is 7.05 Å². The van der Waals surface area contributed by atoms with Crippen molar-refractivity contribution in [1.82, 2.24) is 19.5 Å². The number of ether oxygens (including phenoxy) is 1. The minimum absolute atomic E-state index is 0.00665. The number of hydrogen-bond donors (Lipinski definition) is 2. The molecule has 0 spiro atoms. The summed E-state index contributed by atoms with van der Waals surface area (Å²) in [7, 11) is 1.70. The Hall–Kier alpha value is -4.27. The second-order valence-corrected chi connectivity index (χ2v) is 9.33. The van der Waals surface area contributed by atoms with Gasteiger partial charge in [0.05, 0.1) is 23.1 Å². The molecule has 0 saturated heterocycles. The van der Waals surface area contributed by atoms with Crippen molar-refractivity contribution >= 4 is 34.4 Å². The fraction of sp³-hybridized carbons (Fsp3) is 0.269. The molecule has 0 aliphatic rings. The lowest BCUT2D eigenvalue weighted by Gasteiger charge is -2.18. The zero-order valence-electron chi connectivity index (χ0n) is 20.3. The Morgan fingerprint density at radius 2 is 1.77 bits per heavy atom. The highest BCUT2D eigenvalue weighted by Gasteiger charge is 2.20. The normalized spacial score (nSPS) is 11.5. The number of nitrogens with zero attached hydrogens (tertiary/aromatic N) is 3. The van der Waals surface area contributed by atoms with Crippen molar-refractivity contribution < 1.29 is 19.1 Å². The molecule has 0 saturated carbocycles. The van der Waals surface area contributed by atoms with E-state index in [9.17, 15) is 14.4 Å². The Bertz CT molecular complexity index is 1420. The maximum atomic E-state index is 12.8. The maximum Gasteiger partial charge on any atom is 0.312 e. The molecule has 0 fully saturated rings. The molecule has 4 aromatic rings. The Balaban J connectivity index is 1.45. The zero-order chi connectivity index (χ0) is 25.3. The summed E-state index contributed by atoms with van der Waals surface area (Å²) in [4.78, 5) is 48.6. The van der Waals surface area contributed by atoms with Gasteiger partial charge in [0.15, 0.2) is 11.6 Å². The van der Waals surface area contributed by atoms with Crippen LogP contribution in [-0.2, 0) is 23.0 Å². The topological polar surface area (TPSA) is 119 Å². The molecule has 35 heavy (non-hydrogen) atoms. The van der Waals surface area contributed by atoms with Crippen molar-refractivity contribution in [3.63, 3.8) is 0 Å². The number of aromatic nitrogens is 4. The average molecular weight is 474 g/mol. The molecule has 0 radical (unpaired) electrons. The average Bonchev–Trinajstić information content (AvgIpc) is 3.35. The number of Topliss-reactive ketones (excluding diaryl/α,β-unsaturated/α-hetero) is 1. The molecule has 2 aromatic heterocycles. The molecular weight excluding hydrogens is 446 g/mol. The van der Waals surface area contributed by atoms with Gasteiger partial charge >= 0.3 is 5.97 Å². The molecule has 2 N–H and O–H groups in total. The van der Waals surface area contributed by atoms with Crippen molar-refractivity contribution in [1.29, 1.82) is 0 Å². The summed E-state index contributed by atoms with van der Waals surface area (Å²) >= 11 is 0. The largest absolute Gasteiger partial charge is 0.460 e. The second-order valence-electron chi connectivity index (χ2n) is 9.33. The number of ketones is 1. The number of H-pyrrole nitrogens is 1. The van der Waals surface area contributed by atoms with Gasteiger partial charge in [-0.2, -0.15) is 0 Å². The van der Waals surface area contributed by atoms with Crippen LogP contribution in [0.1, 0.15) is 54.4 Å². The first kappa shape index (κ1) is 23.9. The molecule has 4 rings (SSSR count). The minimum Gasteiger partial charge on any atom is -0.460 e. The quantitative estimate of drug-likeness (QED) is 0.318. The number of esters is 1. The Labute approximate surface area is 202 Å². The Morgan fingerprint density at radius 1 is 1.06 bits per heavy atom. The first-order chi connectivity index (χ1) is 16.5. The molecule has 2 aromatic carbocycles. The van der Waals surface area contributed by atoms with E-state index in [0.717, 1.165) is 16.6 Å². The van der Waals surface area contributed by atoms with Gasteiger partial charge in [-0.15, -0.1) is 0 Å². The highest BCUT2D eigenvalue weighted by molar-refractivity contribution is 6.02. The summed E-state index contributed by atoms with van der Waals surface area (Å²) in [5.74, 6) is 0.0471. The first-order valence-corrected chi connectivity index (χ1v) is 11.1. The number of fused-ring (bicyclic) bond motifs is 1. The molecule has 180 valence electrons. The SMILES string of the molecule is CC(=O)c1ccc2nc(-c3ccc(NC(=O)c4nc(CC(=O)OC(C)(C)C)cn4C)cc3)[nH]c2c1.